The molecule has 0 aromatic heterocycles. The molecule has 0 aromatic carbocycles. The van der Waals surface area contributed by atoms with Crippen molar-refractivity contribution < 1.29 is 8.42 Å². The van der Waals surface area contributed by atoms with Crippen LogP contribution in [0.15, 0.2) is 0 Å². The van der Waals surface area contributed by atoms with Gasteiger partial charge in [-0.1, -0.05) is 19.8 Å². The van der Waals surface area contributed by atoms with E-state index in [1.807, 2.05) is 0 Å². The number of hydrogen-bond donors (Lipinski definition) is 1. The summed E-state index contributed by atoms with van der Waals surface area (Å²) in [5, 5.41) is 0. The van der Waals surface area contributed by atoms with Crippen LogP contribution in [0.4, 0.5) is 0 Å². The van der Waals surface area contributed by atoms with Crippen LogP contribution in [0.1, 0.15) is 39.0 Å². The Morgan fingerprint density at radius 2 is 1.86 bits per heavy atom. The highest BCUT2D eigenvalue weighted by Crippen LogP contribution is 2.40. The molecule has 14 heavy (non-hydrogen) atoms. The first-order valence-electron chi connectivity index (χ1n) is 5.27. The van der Waals surface area contributed by atoms with E-state index in [9.17, 15) is 8.42 Å². The largest absolute Gasteiger partial charge is 0.327 e. The van der Waals surface area contributed by atoms with E-state index in [1.54, 1.807) is 0 Å². The van der Waals surface area contributed by atoms with Crippen LogP contribution in [-0.4, -0.2) is 26.5 Å². The average molecular weight is 219 g/mol. The smallest absolute Gasteiger partial charge is 0.147 e. The molecule has 0 radical (unpaired) electrons. The maximum atomic E-state index is 11.0. The van der Waals surface area contributed by atoms with Gasteiger partial charge in [-0.25, -0.2) is 8.42 Å². The fourth-order valence-corrected chi connectivity index (χ4v) is 2.93. The van der Waals surface area contributed by atoms with E-state index in [0.717, 1.165) is 12.8 Å². The lowest BCUT2D eigenvalue weighted by Gasteiger charge is -2.30. The van der Waals surface area contributed by atoms with Gasteiger partial charge >= 0.3 is 0 Å². The van der Waals surface area contributed by atoms with Gasteiger partial charge in [0.15, 0.2) is 0 Å². The lowest BCUT2D eigenvalue weighted by atomic mass is 9.80. The molecule has 4 heteroatoms. The van der Waals surface area contributed by atoms with Crippen molar-refractivity contribution in [1.29, 1.82) is 0 Å². The van der Waals surface area contributed by atoms with Crippen molar-refractivity contribution in [2.45, 2.75) is 45.1 Å². The van der Waals surface area contributed by atoms with Crippen molar-refractivity contribution in [2.75, 3.05) is 12.0 Å². The molecule has 1 rings (SSSR count). The molecule has 0 saturated heterocycles. The Morgan fingerprint density at radius 3 is 2.29 bits per heavy atom. The first-order chi connectivity index (χ1) is 6.33. The molecule has 0 aromatic rings. The Hall–Kier alpha value is -0.0900. The van der Waals surface area contributed by atoms with Gasteiger partial charge in [0, 0.05) is 12.3 Å². The molecular formula is C10H21NO2S. The van der Waals surface area contributed by atoms with E-state index in [-0.39, 0.29) is 17.2 Å². The number of nitrogens with two attached hydrogens (primary N) is 1. The topological polar surface area (TPSA) is 60.2 Å². The second-order valence-electron chi connectivity index (χ2n) is 4.89. The molecule has 1 aliphatic rings. The first kappa shape index (κ1) is 12.0. The van der Waals surface area contributed by atoms with Gasteiger partial charge in [0.1, 0.15) is 9.84 Å². The SMILES string of the molecule is CC1(C(N)CCS(C)(=O)=O)CCCC1. The van der Waals surface area contributed by atoms with E-state index in [4.69, 9.17) is 5.73 Å². The summed E-state index contributed by atoms with van der Waals surface area (Å²) in [6.45, 7) is 2.19. The molecule has 2 N–H and O–H groups in total. The number of hydrogen-bond acceptors (Lipinski definition) is 3. The van der Waals surface area contributed by atoms with Crippen LogP contribution < -0.4 is 5.73 Å². The van der Waals surface area contributed by atoms with Crippen molar-refractivity contribution in [1.82, 2.24) is 0 Å². The molecule has 0 bridgehead atoms. The predicted molar refractivity (Wildman–Crippen MR) is 58.9 cm³/mol. The van der Waals surface area contributed by atoms with Gasteiger partial charge in [-0.05, 0) is 24.7 Å². The maximum absolute atomic E-state index is 11.0. The molecule has 1 fully saturated rings. The summed E-state index contributed by atoms with van der Waals surface area (Å²) < 4.78 is 22.0. The van der Waals surface area contributed by atoms with E-state index in [1.165, 1.54) is 19.1 Å². The van der Waals surface area contributed by atoms with Crippen LogP contribution in [0.2, 0.25) is 0 Å². The highest BCUT2D eigenvalue weighted by molar-refractivity contribution is 7.90. The van der Waals surface area contributed by atoms with Crippen molar-refractivity contribution >= 4 is 9.84 Å². The summed E-state index contributed by atoms with van der Waals surface area (Å²) in [6.07, 6.45) is 6.66. The minimum atomic E-state index is -2.86. The van der Waals surface area contributed by atoms with Crippen molar-refractivity contribution in [3.63, 3.8) is 0 Å². The van der Waals surface area contributed by atoms with Crippen LogP contribution in [0.25, 0.3) is 0 Å². The third-order valence-corrected chi connectivity index (χ3v) is 4.42. The molecule has 0 heterocycles. The Balaban J connectivity index is 2.45. The second kappa shape index (κ2) is 4.19. The van der Waals surface area contributed by atoms with Crippen LogP contribution in [0.5, 0.6) is 0 Å². The standard InChI is InChI=1S/C10H21NO2S/c1-10(6-3-4-7-10)9(11)5-8-14(2,12)13/h9H,3-8,11H2,1-2H3. The molecular weight excluding hydrogens is 198 g/mol. The average Bonchev–Trinajstić information content (AvgIpc) is 2.48. The molecule has 84 valence electrons. The zero-order chi connectivity index (χ0) is 10.8. The molecule has 0 amide bonds. The maximum Gasteiger partial charge on any atom is 0.147 e. The fraction of sp³-hybridized carbons (Fsp3) is 1.00. The van der Waals surface area contributed by atoms with Gasteiger partial charge in [-0.2, -0.15) is 0 Å². The number of sulfone groups is 1. The highest BCUT2D eigenvalue weighted by Gasteiger charge is 2.34. The van der Waals surface area contributed by atoms with Gasteiger partial charge in [-0.3, -0.25) is 0 Å². The van der Waals surface area contributed by atoms with Gasteiger partial charge < -0.3 is 5.73 Å². The highest BCUT2D eigenvalue weighted by atomic mass is 32.2. The minimum Gasteiger partial charge on any atom is -0.327 e. The van der Waals surface area contributed by atoms with E-state index < -0.39 is 9.84 Å². The van der Waals surface area contributed by atoms with Crippen LogP contribution in [0.3, 0.4) is 0 Å². The summed E-state index contributed by atoms with van der Waals surface area (Å²) in [5.74, 6) is 0.226. The molecule has 3 nitrogen and oxygen atoms in total. The second-order valence-corrected chi connectivity index (χ2v) is 7.15. The Bertz CT molecular complexity index is 278. The third kappa shape index (κ3) is 3.24. The first-order valence-corrected chi connectivity index (χ1v) is 7.33. The summed E-state index contributed by atoms with van der Waals surface area (Å²) in [4.78, 5) is 0. The predicted octanol–water partition coefficient (Wildman–Crippen LogP) is 1.33. The zero-order valence-electron chi connectivity index (χ0n) is 9.12. The summed E-state index contributed by atoms with van der Waals surface area (Å²) in [7, 11) is -2.86. The van der Waals surface area contributed by atoms with E-state index in [0.29, 0.717) is 6.42 Å². The van der Waals surface area contributed by atoms with Gasteiger partial charge in [0.05, 0.1) is 5.75 Å². The normalized spacial score (nSPS) is 23.6. The number of rotatable bonds is 4. The quantitative estimate of drug-likeness (QED) is 0.776. The van der Waals surface area contributed by atoms with Gasteiger partial charge in [0.2, 0.25) is 0 Å². The van der Waals surface area contributed by atoms with Crippen molar-refractivity contribution in [3.05, 3.63) is 0 Å². The minimum absolute atomic E-state index is 0.0414. The Morgan fingerprint density at radius 1 is 1.36 bits per heavy atom. The molecule has 0 spiro atoms. The summed E-state index contributed by atoms with van der Waals surface area (Å²) >= 11 is 0. The summed E-state index contributed by atoms with van der Waals surface area (Å²) in [6, 6.07) is 0.0414. The Labute approximate surface area is 87.0 Å². The van der Waals surface area contributed by atoms with Crippen LogP contribution in [0, 0.1) is 5.41 Å². The molecule has 1 saturated carbocycles. The monoisotopic (exact) mass is 219 g/mol. The lowest BCUT2D eigenvalue weighted by Crippen LogP contribution is -2.38. The molecule has 1 unspecified atom stereocenters. The fourth-order valence-electron chi connectivity index (χ4n) is 2.24. The summed E-state index contributed by atoms with van der Waals surface area (Å²) in [5.41, 5.74) is 6.24. The van der Waals surface area contributed by atoms with Crippen LogP contribution >= 0.6 is 0 Å². The van der Waals surface area contributed by atoms with E-state index >= 15 is 0 Å². The lowest BCUT2D eigenvalue weighted by molar-refractivity contribution is 0.257. The van der Waals surface area contributed by atoms with E-state index in [2.05, 4.69) is 6.92 Å². The Kier molecular flexibility index (Phi) is 3.58. The van der Waals surface area contributed by atoms with Crippen LogP contribution in [-0.2, 0) is 9.84 Å². The van der Waals surface area contributed by atoms with Crippen molar-refractivity contribution in [2.24, 2.45) is 11.1 Å². The molecule has 1 aliphatic carbocycles. The van der Waals surface area contributed by atoms with Gasteiger partial charge in [-0.15, -0.1) is 0 Å². The van der Waals surface area contributed by atoms with Gasteiger partial charge in [0.25, 0.3) is 0 Å². The molecule has 1 atom stereocenters. The third-order valence-electron chi connectivity index (χ3n) is 3.44. The zero-order valence-corrected chi connectivity index (χ0v) is 9.94. The van der Waals surface area contributed by atoms with Crippen molar-refractivity contribution in [3.8, 4) is 0 Å². The molecule has 0 aliphatic heterocycles.